The second-order valence-corrected chi connectivity index (χ2v) is 4.51. The molecule has 1 N–H and O–H groups in total. The lowest BCUT2D eigenvalue weighted by atomic mass is 9.98. The molecule has 1 aromatic carbocycles. The summed E-state index contributed by atoms with van der Waals surface area (Å²) in [7, 11) is 0. The van der Waals surface area contributed by atoms with Crippen LogP contribution in [0.1, 0.15) is 29.7 Å². The van der Waals surface area contributed by atoms with E-state index in [4.69, 9.17) is 9.15 Å². The van der Waals surface area contributed by atoms with Crippen molar-refractivity contribution in [2.75, 3.05) is 13.2 Å². The Morgan fingerprint density at radius 3 is 3.00 bits per heavy atom. The van der Waals surface area contributed by atoms with Gasteiger partial charge in [0.1, 0.15) is 5.75 Å². The van der Waals surface area contributed by atoms with Crippen LogP contribution in [0.5, 0.6) is 5.75 Å². The molecule has 3 rings (SSSR count). The van der Waals surface area contributed by atoms with Crippen molar-refractivity contribution < 1.29 is 9.15 Å². The molecule has 1 aromatic heterocycles. The third-order valence-corrected chi connectivity index (χ3v) is 3.33. The molecule has 0 saturated carbocycles. The van der Waals surface area contributed by atoms with Crippen molar-refractivity contribution in [2.45, 2.75) is 19.4 Å². The number of hydrogen-bond acceptors (Lipinski definition) is 3. The monoisotopic (exact) mass is 243 g/mol. The summed E-state index contributed by atoms with van der Waals surface area (Å²) in [6, 6.07) is 8.64. The van der Waals surface area contributed by atoms with Gasteiger partial charge in [-0.1, -0.05) is 19.1 Å². The minimum atomic E-state index is 0.194. The highest BCUT2D eigenvalue weighted by atomic mass is 16.5. The van der Waals surface area contributed by atoms with Crippen molar-refractivity contribution in [3.05, 3.63) is 53.5 Å². The molecule has 3 heteroatoms. The molecule has 0 radical (unpaired) electrons. The van der Waals surface area contributed by atoms with Crippen molar-refractivity contribution in [1.29, 1.82) is 0 Å². The maximum atomic E-state index is 5.54. The molecule has 0 spiro atoms. The fourth-order valence-corrected chi connectivity index (χ4v) is 2.46. The Kier molecular flexibility index (Phi) is 3.07. The summed E-state index contributed by atoms with van der Waals surface area (Å²) >= 11 is 0. The molecule has 2 aromatic rings. The van der Waals surface area contributed by atoms with Gasteiger partial charge in [0, 0.05) is 12.0 Å². The Hall–Kier alpha value is -1.74. The van der Waals surface area contributed by atoms with Crippen molar-refractivity contribution in [3.8, 4) is 5.75 Å². The first-order valence-electron chi connectivity index (χ1n) is 6.39. The van der Waals surface area contributed by atoms with Crippen LogP contribution in [-0.2, 0) is 6.42 Å². The summed E-state index contributed by atoms with van der Waals surface area (Å²) < 4.78 is 10.7. The molecular formula is C15H17NO2. The quantitative estimate of drug-likeness (QED) is 0.896. The molecule has 0 aliphatic carbocycles. The number of rotatable bonds is 4. The molecule has 1 aliphatic rings. The first kappa shape index (κ1) is 11.4. The predicted octanol–water partition coefficient (Wildman–Crippen LogP) is 2.91. The van der Waals surface area contributed by atoms with Gasteiger partial charge in [-0.2, -0.15) is 0 Å². The van der Waals surface area contributed by atoms with Gasteiger partial charge in [-0.25, -0.2) is 0 Å². The van der Waals surface area contributed by atoms with E-state index in [-0.39, 0.29) is 6.04 Å². The van der Waals surface area contributed by atoms with Gasteiger partial charge >= 0.3 is 0 Å². The Morgan fingerprint density at radius 1 is 1.28 bits per heavy atom. The summed E-state index contributed by atoms with van der Waals surface area (Å²) in [6.07, 6.45) is 4.53. The van der Waals surface area contributed by atoms with Crippen LogP contribution < -0.4 is 10.1 Å². The molecular weight excluding hydrogens is 226 g/mol. The number of ether oxygens (including phenoxy) is 1. The molecule has 1 unspecified atom stereocenters. The lowest BCUT2D eigenvalue weighted by Crippen LogP contribution is -2.21. The zero-order valence-corrected chi connectivity index (χ0v) is 10.5. The first-order chi connectivity index (χ1) is 8.88. The standard InChI is InChI=1S/C15H17NO2/c1-2-16-15(13-5-7-17-10-13)12-3-4-14-11(9-12)6-8-18-14/h3-5,7,9-10,15-16H,2,6,8H2,1H3. The van der Waals surface area contributed by atoms with Crippen LogP contribution in [0, 0.1) is 0 Å². The minimum absolute atomic E-state index is 0.194. The molecule has 0 bridgehead atoms. The first-order valence-corrected chi connectivity index (χ1v) is 6.39. The zero-order valence-electron chi connectivity index (χ0n) is 10.5. The molecule has 0 fully saturated rings. The number of fused-ring (bicyclic) bond motifs is 1. The largest absolute Gasteiger partial charge is 0.493 e. The molecule has 0 saturated heterocycles. The van der Waals surface area contributed by atoms with E-state index in [1.54, 1.807) is 12.5 Å². The normalized spacial score (nSPS) is 15.2. The van der Waals surface area contributed by atoms with Gasteiger partial charge in [0.25, 0.3) is 0 Å². The second kappa shape index (κ2) is 4.86. The lowest BCUT2D eigenvalue weighted by Gasteiger charge is -2.17. The average Bonchev–Trinajstić information content (AvgIpc) is 3.05. The minimum Gasteiger partial charge on any atom is -0.493 e. The van der Waals surface area contributed by atoms with E-state index in [1.807, 2.05) is 6.07 Å². The smallest absolute Gasteiger partial charge is 0.122 e. The number of benzene rings is 1. The molecule has 0 amide bonds. The van der Waals surface area contributed by atoms with Gasteiger partial charge in [0.2, 0.25) is 0 Å². The Labute approximate surface area is 107 Å². The maximum Gasteiger partial charge on any atom is 0.122 e. The van der Waals surface area contributed by atoms with Crippen LogP contribution in [0.15, 0.2) is 41.2 Å². The predicted molar refractivity (Wildman–Crippen MR) is 69.9 cm³/mol. The summed E-state index contributed by atoms with van der Waals surface area (Å²) in [5.74, 6) is 1.03. The van der Waals surface area contributed by atoms with Crippen LogP contribution in [0.4, 0.5) is 0 Å². The Morgan fingerprint density at radius 2 is 2.22 bits per heavy atom. The van der Waals surface area contributed by atoms with Crippen molar-refractivity contribution in [2.24, 2.45) is 0 Å². The molecule has 1 aliphatic heterocycles. The Balaban J connectivity index is 1.95. The van der Waals surface area contributed by atoms with Crippen molar-refractivity contribution in [1.82, 2.24) is 5.32 Å². The van der Waals surface area contributed by atoms with Gasteiger partial charge in [0.05, 0.1) is 25.2 Å². The summed E-state index contributed by atoms with van der Waals surface area (Å²) in [5, 5.41) is 3.49. The molecule has 94 valence electrons. The second-order valence-electron chi connectivity index (χ2n) is 4.51. The van der Waals surface area contributed by atoms with Crippen molar-refractivity contribution in [3.63, 3.8) is 0 Å². The highest BCUT2D eigenvalue weighted by Crippen LogP contribution is 2.30. The third kappa shape index (κ3) is 2.02. The van der Waals surface area contributed by atoms with Gasteiger partial charge in [-0.05, 0) is 29.8 Å². The summed E-state index contributed by atoms with van der Waals surface area (Å²) in [6.45, 7) is 3.84. The van der Waals surface area contributed by atoms with E-state index in [0.29, 0.717) is 0 Å². The Bertz CT molecular complexity index is 519. The van der Waals surface area contributed by atoms with E-state index < -0.39 is 0 Å². The zero-order chi connectivity index (χ0) is 12.4. The van der Waals surface area contributed by atoms with Gasteiger partial charge < -0.3 is 14.5 Å². The number of hydrogen-bond donors (Lipinski definition) is 1. The third-order valence-electron chi connectivity index (χ3n) is 3.33. The van der Waals surface area contributed by atoms with Crippen LogP contribution in [0.3, 0.4) is 0 Å². The number of furan rings is 1. The van der Waals surface area contributed by atoms with E-state index in [1.165, 1.54) is 11.1 Å². The van der Waals surface area contributed by atoms with E-state index in [2.05, 4.69) is 30.4 Å². The van der Waals surface area contributed by atoms with E-state index in [9.17, 15) is 0 Å². The maximum absolute atomic E-state index is 5.54. The SMILES string of the molecule is CCNC(c1ccoc1)c1ccc2c(c1)CCO2. The van der Waals surface area contributed by atoms with Crippen LogP contribution in [-0.4, -0.2) is 13.2 Å². The highest BCUT2D eigenvalue weighted by molar-refractivity contribution is 5.42. The van der Waals surface area contributed by atoms with Gasteiger partial charge in [-0.15, -0.1) is 0 Å². The fourth-order valence-electron chi connectivity index (χ4n) is 2.46. The molecule has 1 atom stereocenters. The molecule has 18 heavy (non-hydrogen) atoms. The topological polar surface area (TPSA) is 34.4 Å². The number of nitrogens with one attached hydrogen (secondary N) is 1. The van der Waals surface area contributed by atoms with Crippen LogP contribution in [0.2, 0.25) is 0 Å². The van der Waals surface area contributed by atoms with Crippen molar-refractivity contribution >= 4 is 0 Å². The van der Waals surface area contributed by atoms with Gasteiger partial charge in [-0.3, -0.25) is 0 Å². The van der Waals surface area contributed by atoms with E-state index in [0.717, 1.165) is 30.9 Å². The molecule has 2 heterocycles. The van der Waals surface area contributed by atoms with Gasteiger partial charge in [0.15, 0.2) is 0 Å². The summed E-state index contributed by atoms with van der Waals surface area (Å²) in [5.41, 5.74) is 3.73. The lowest BCUT2D eigenvalue weighted by molar-refractivity contribution is 0.357. The highest BCUT2D eigenvalue weighted by Gasteiger charge is 2.18. The summed E-state index contributed by atoms with van der Waals surface area (Å²) in [4.78, 5) is 0. The fraction of sp³-hybridized carbons (Fsp3) is 0.333. The van der Waals surface area contributed by atoms with Crippen LogP contribution in [0.25, 0.3) is 0 Å². The average molecular weight is 243 g/mol. The van der Waals surface area contributed by atoms with E-state index >= 15 is 0 Å². The molecule has 3 nitrogen and oxygen atoms in total. The van der Waals surface area contributed by atoms with Crippen LogP contribution >= 0.6 is 0 Å².